The van der Waals surface area contributed by atoms with Gasteiger partial charge in [0.1, 0.15) is 10.7 Å². The van der Waals surface area contributed by atoms with Crippen molar-refractivity contribution in [2.75, 3.05) is 37.0 Å². The normalized spacial score (nSPS) is 12.8. The first kappa shape index (κ1) is 26.7. The highest BCUT2D eigenvalue weighted by Gasteiger charge is 2.34. The third-order valence-corrected chi connectivity index (χ3v) is 7.58. The largest absolute Gasteiger partial charge is 0.493 e. The maximum absolute atomic E-state index is 13.7. The molecule has 0 aliphatic carbocycles. The highest BCUT2D eigenvalue weighted by molar-refractivity contribution is 7.93. The number of rotatable bonds is 9. The number of nitrogens with one attached hydrogen (secondary N) is 1. The number of carbonyl (C=O) groups excluding carboxylic acids is 2. The number of hydrogen-bond acceptors (Lipinski definition) is 7. The van der Waals surface area contributed by atoms with Crippen molar-refractivity contribution in [2.45, 2.75) is 11.3 Å². The summed E-state index contributed by atoms with van der Waals surface area (Å²) in [6.45, 7) is -0.292. The number of halogens is 1. The van der Waals surface area contributed by atoms with Crippen LogP contribution in [0.4, 0.5) is 15.8 Å². The molecule has 0 bridgehead atoms. The van der Waals surface area contributed by atoms with Gasteiger partial charge in [-0.05, 0) is 66.1 Å². The van der Waals surface area contributed by atoms with E-state index in [1.807, 2.05) is 12.1 Å². The number of sulfonamides is 1. The Morgan fingerprint density at radius 3 is 2.50 bits per heavy atom. The van der Waals surface area contributed by atoms with Gasteiger partial charge in [-0.1, -0.05) is 18.2 Å². The third kappa shape index (κ3) is 5.78. The number of anilines is 2. The lowest BCUT2D eigenvalue weighted by molar-refractivity contribution is -0.142. The second-order valence-electron chi connectivity index (χ2n) is 8.21. The Morgan fingerprint density at radius 2 is 1.79 bits per heavy atom. The lowest BCUT2D eigenvalue weighted by atomic mass is 10.2. The first-order valence-electron chi connectivity index (χ1n) is 11.5. The van der Waals surface area contributed by atoms with E-state index in [2.05, 4.69) is 5.32 Å². The van der Waals surface area contributed by atoms with Crippen LogP contribution >= 0.6 is 0 Å². The van der Waals surface area contributed by atoms with Crippen molar-refractivity contribution in [1.82, 2.24) is 0 Å². The van der Waals surface area contributed by atoms with Crippen LogP contribution in [0, 0.1) is 5.82 Å². The van der Waals surface area contributed by atoms with E-state index in [-0.39, 0.29) is 22.9 Å². The summed E-state index contributed by atoms with van der Waals surface area (Å²) in [5, 5.41) is 2.48. The number of benzene rings is 3. The molecule has 0 spiro atoms. The van der Waals surface area contributed by atoms with Gasteiger partial charge in [-0.2, -0.15) is 0 Å². The van der Waals surface area contributed by atoms with Crippen LogP contribution < -0.4 is 19.1 Å². The molecule has 1 amide bonds. The highest BCUT2D eigenvalue weighted by Crippen LogP contribution is 2.40. The summed E-state index contributed by atoms with van der Waals surface area (Å²) < 4.78 is 57.4. The number of amides is 1. The molecule has 1 aliphatic heterocycles. The molecule has 0 atom stereocenters. The summed E-state index contributed by atoms with van der Waals surface area (Å²) in [6.07, 6.45) is 2.99. The molecule has 1 N–H and O–H groups in total. The molecule has 4 rings (SSSR count). The molecule has 0 radical (unpaired) electrons. The lowest BCUT2D eigenvalue weighted by Crippen LogP contribution is -2.29. The van der Waals surface area contributed by atoms with E-state index in [9.17, 15) is 22.4 Å². The summed E-state index contributed by atoms with van der Waals surface area (Å²) in [4.78, 5) is 24.1. The maximum Gasteiger partial charge on any atom is 0.331 e. The summed E-state index contributed by atoms with van der Waals surface area (Å²) in [5.41, 5.74) is 2.20. The number of fused-ring (bicyclic) bond motifs is 1. The summed E-state index contributed by atoms with van der Waals surface area (Å²) in [5.74, 6) is -1.69. The van der Waals surface area contributed by atoms with Crippen molar-refractivity contribution >= 4 is 39.4 Å². The molecule has 198 valence electrons. The van der Waals surface area contributed by atoms with Gasteiger partial charge < -0.3 is 19.5 Å². The first-order valence-corrected chi connectivity index (χ1v) is 12.9. The van der Waals surface area contributed by atoms with Gasteiger partial charge in [0, 0.05) is 18.3 Å². The van der Waals surface area contributed by atoms with Crippen LogP contribution in [-0.2, 0) is 30.8 Å². The van der Waals surface area contributed by atoms with Crippen molar-refractivity contribution in [3.8, 4) is 11.5 Å². The number of hydrogen-bond donors (Lipinski definition) is 1. The Bertz CT molecular complexity index is 1490. The minimum absolute atomic E-state index is 0.0362. The minimum atomic E-state index is -4.04. The fraction of sp³-hybridized carbons (Fsp3) is 0.185. The minimum Gasteiger partial charge on any atom is -0.493 e. The second-order valence-corrected chi connectivity index (χ2v) is 10.0. The van der Waals surface area contributed by atoms with Crippen molar-refractivity contribution in [2.24, 2.45) is 0 Å². The molecule has 3 aromatic rings. The predicted molar refractivity (Wildman–Crippen MR) is 139 cm³/mol. The SMILES string of the molecule is COc1cc(/C=C/C(=O)OCC(=O)Nc2ccc(F)cc2)cc(S(=O)(=O)N2CCc3ccccc32)c1OC. The van der Waals surface area contributed by atoms with Crippen molar-refractivity contribution in [3.05, 3.63) is 83.7 Å². The molecular formula is C27H25FN2O7S. The predicted octanol–water partition coefficient (Wildman–Crippen LogP) is 3.79. The van der Waals surface area contributed by atoms with Crippen molar-refractivity contribution in [1.29, 1.82) is 0 Å². The van der Waals surface area contributed by atoms with E-state index in [4.69, 9.17) is 14.2 Å². The van der Waals surface area contributed by atoms with Crippen LogP contribution in [0.15, 0.2) is 71.6 Å². The number of nitrogens with zero attached hydrogens (tertiary/aromatic N) is 1. The van der Waals surface area contributed by atoms with Gasteiger partial charge in [-0.15, -0.1) is 0 Å². The fourth-order valence-electron chi connectivity index (χ4n) is 3.99. The zero-order chi connectivity index (χ0) is 27.3. The summed E-state index contributed by atoms with van der Waals surface area (Å²) >= 11 is 0. The van der Waals surface area contributed by atoms with Crippen LogP contribution in [0.5, 0.6) is 11.5 Å². The number of para-hydroxylation sites is 1. The topological polar surface area (TPSA) is 111 Å². The Morgan fingerprint density at radius 1 is 1.05 bits per heavy atom. The molecule has 38 heavy (non-hydrogen) atoms. The first-order chi connectivity index (χ1) is 18.2. The van der Waals surface area contributed by atoms with E-state index in [0.29, 0.717) is 23.4 Å². The number of carbonyl (C=O) groups is 2. The second kappa shape index (κ2) is 11.3. The van der Waals surface area contributed by atoms with Gasteiger partial charge in [-0.25, -0.2) is 17.6 Å². The van der Waals surface area contributed by atoms with Gasteiger partial charge >= 0.3 is 5.97 Å². The molecule has 1 aliphatic rings. The third-order valence-electron chi connectivity index (χ3n) is 5.77. The van der Waals surface area contributed by atoms with Crippen LogP contribution in [0.25, 0.3) is 6.08 Å². The van der Waals surface area contributed by atoms with Crippen LogP contribution in [-0.4, -0.2) is 47.7 Å². The van der Waals surface area contributed by atoms with Gasteiger partial charge in [0.25, 0.3) is 15.9 Å². The molecule has 3 aromatic carbocycles. The smallest absolute Gasteiger partial charge is 0.331 e. The fourth-order valence-corrected chi connectivity index (χ4v) is 5.70. The molecule has 0 saturated heterocycles. The average molecular weight is 541 g/mol. The van der Waals surface area contributed by atoms with Crippen LogP contribution in [0.3, 0.4) is 0 Å². The molecule has 0 fully saturated rings. The molecule has 11 heteroatoms. The van der Waals surface area contributed by atoms with Crippen LogP contribution in [0.2, 0.25) is 0 Å². The van der Waals surface area contributed by atoms with E-state index >= 15 is 0 Å². The zero-order valence-corrected chi connectivity index (χ0v) is 21.5. The summed E-state index contributed by atoms with van der Waals surface area (Å²) in [7, 11) is -1.32. The Labute approximate surface area is 219 Å². The number of esters is 1. The van der Waals surface area contributed by atoms with Gasteiger partial charge in [0.05, 0.1) is 19.9 Å². The lowest BCUT2D eigenvalue weighted by Gasteiger charge is -2.22. The molecule has 0 unspecified atom stereocenters. The Hall–Kier alpha value is -4.38. The molecular weight excluding hydrogens is 515 g/mol. The molecule has 0 aromatic heterocycles. The zero-order valence-electron chi connectivity index (χ0n) is 20.6. The number of methoxy groups -OCH3 is 2. The highest BCUT2D eigenvalue weighted by atomic mass is 32.2. The van der Waals surface area contributed by atoms with Gasteiger partial charge in [0.2, 0.25) is 0 Å². The molecule has 0 saturated carbocycles. The van der Waals surface area contributed by atoms with Crippen molar-refractivity contribution < 1.29 is 36.6 Å². The van der Waals surface area contributed by atoms with Crippen molar-refractivity contribution in [3.63, 3.8) is 0 Å². The molecule has 1 heterocycles. The Balaban J connectivity index is 1.51. The standard InChI is InChI=1S/C27H25FN2O7S/c1-35-23-15-18(7-12-26(32)37-17-25(31)29-21-10-8-20(28)9-11-21)16-24(27(23)36-2)38(33,34)30-14-13-19-5-3-4-6-22(19)30/h3-12,15-16H,13-14,17H2,1-2H3,(H,29,31)/b12-7+. The monoisotopic (exact) mass is 540 g/mol. The quantitative estimate of drug-likeness (QED) is 0.325. The Kier molecular flexibility index (Phi) is 7.96. The maximum atomic E-state index is 13.7. The number of ether oxygens (including phenoxy) is 3. The van der Waals surface area contributed by atoms with E-state index in [0.717, 1.165) is 11.6 Å². The van der Waals surface area contributed by atoms with E-state index in [1.54, 1.807) is 12.1 Å². The van der Waals surface area contributed by atoms with Crippen LogP contribution in [0.1, 0.15) is 11.1 Å². The average Bonchev–Trinajstić information content (AvgIpc) is 3.36. The van der Waals surface area contributed by atoms with E-state index < -0.39 is 34.3 Å². The van der Waals surface area contributed by atoms with Gasteiger partial charge in [0.15, 0.2) is 18.1 Å². The van der Waals surface area contributed by atoms with Gasteiger partial charge in [-0.3, -0.25) is 9.10 Å². The summed E-state index contributed by atoms with van der Waals surface area (Å²) in [6, 6.07) is 15.3. The molecule has 9 nitrogen and oxygen atoms in total. The van der Waals surface area contributed by atoms with E-state index in [1.165, 1.54) is 61.0 Å².